The number of nitrogens with zero attached hydrogens (tertiary/aromatic N) is 3. The molecule has 1 atom stereocenters. The van der Waals surface area contributed by atoms with Gasteiger partial charge in [-0.15, -0.1) is 0 Å². The molecule has 0 saturated heterocycles. The van der Waals surface area contributed by atoms with Crippen LogP contribution in [0.2, 0.25) is 0 Å². The Morgan fingerprint density at radius 3 is 2.29 bits per heavy atom. The Morgan fingerprint density at radius 1 is 1.00 bits per heavy atom. The van der Waals surface area contributed by atoms with Gasteiger partial charge in [0.2, 0.25) is 11.8 Å². The molecule has 0 unspecified atom stereocenters. The Kier molecular flexibility index (Phi) is 4.30. The Balaban J connectivity index is 1.60. The van der Waals surface area contributed by atoms with Crippen molar-refractivity contribution in [1.29, 1.82) is 0 Å². The van der Waals surface area contributed by atoms with Gasteiger partial charge in [-0.2, -0.15) is 8.42 Å². The lowest BCUT2D eigenvalue weighted by Crippen LogP contribution is -2.51. The van der Waals surface area contributed by atoms with E-state index < -0.39 is 10.2 Å². The predicted molar refractivity (Wildman–Crippen MR) is 121 cm³/mol. The molecule has 5 rings (SSSR count). The van der Waals surface area contributed by atoms with Gasteiger partial charge in [0.05, 0.1) is 28.8 Å². The first-order valence-electron chi connectivity index (χ1n) is 10.3. The van der Waals surface area contributed by atoms with Gasteiger partial charge in [0.1, 0.15) is 0 Å². The van der Waals surface area contributed by atoms with E-state index in [1.165, 1.54) is 18.3 Å². The summed E-state index contributed by atoms with van der Waals surface area (Å²) in [5.74, 6) is 0.116. The van der Waals surface area contributed by atoms with Gasteiger partial charge < -0.3 is 9.80 Å². The van der Waals surface area contributed by atoms with Crippen molar-refractivity contribution >= 4 is 44.8 Å². The third-order valence-corrected chi connectivity index (χ3v) is 7.61. The fraction of sp³-hybridized carbons (Fsp3) is 0.364. The van der Waals surface area contributed by atoms with Gasteiger partial charge in [0.15, 0.2) is 0 Å². The summed E-state index contributed by atoms with van der Waals surface area (Å²) in [6.45, 7) is 3.95. The van der Waals surface area contributed by atoms with E-state index in [1.807, 2.05) is 42.2 Å². The van der Waals surface area contributed by atoms with E-state index in [1.54, 1.807) is 11.0 Å². The average Bonchev–Trinajstić information content (AvgIpc) is 3.53. The van der Waals surface area contributed by atoms with Gasteiger partial charge in [-0.05, 0) is 55.2 Å². The van der Waals surface area contributed by atoms with E-state index in [-0.39, 0.29) is 23.8 Å². The van der Waals surface area contributed by atoms with Crippen LogP contribution in [0.4, 0.5) is 22.7 Å². The van der Waals surface area contributed by atoms with Gasteiger partial charge in [0.25, 0.3) is 0 Å². The van der Waals surface area contributed by atoms with Crippen LogP contribution in [0.1, 0.15) is 26.7 Å². The van der Waals surface area contributed by atoms with Crippen LogP contribution in [0.15, 0.2) is 36.4 Å². The standard InChI is InChI=1S/C22H24N4O4S/c1-13-12-25(22(28)15-4-5-15)21-11-17(7-9-19(21)26(13)14(2)27)16-6-8-18-20(10-16)24(3)31(29,30)23-18/h6-11,13,15,23H,4-5,12H2,1-3H3/t13-/m0/s1. The molecule has 0 spiro atoms. The van der Waals surface area contributed by atoms with Crippen LogP contribution < -0.4 is 18.8 Å². The molecule has 3 aliphatic rings. The first-order chi connectivity index (χ1) is 14.7. The van der Waals surface area contributed by atoms with Crippen LogP contribution in [-0.2, 0) is 19.8 Å². The van der Waals surface area contributed by atoms with Crippen LogP contribution in [0.3, 0.4) is 0 Å². The first kappa shape index (κ1) is 19.9. The largest absolute Gasteiger partial charge is 0.323 e. The van der Waals surface area contributed by atoms with Crippen molar-refractivity contribution in [3.05, 3.63) is 36.4 Å². The predicted octanol–water partition coefficient (Wildman–Crippen LogP) is 2.96. The molecule has 1 N–H and O–H groups in total. The molecule has 2 heterocycles. The van der Waals surface area contributed by atoms with Crippen molar-refractivity contribution in [2.45, 2.75) is 32.7 Å². The lowest BCUT2D eigenvalue weighted by molar-refractivity contribution is -0.120. The fourth-order valence-corrected chi connectivity index (χ4v) is 5.44. The van der Waals surface area contributed by atoms with Crippen LogP contribution in [0.5, 0.6) is 0 Å². The molecule has 2 amide bonds. The summed E-state index contributed by atoms with van der Waals surface area (Å²) in [7, 11) is -2.05. The van der Waals surface area contributed by atoms with E-state index >= 15 is 0 Å². The molecule has 1 fully saturated rings. The molecule has 9 heteroatoms. The number of nitrogens with one attached hydrogen (secondary N) is 1. The zero-order chi connectivity index (χ0) is 22.1. The molecule has 1 saturated carbocycles. The highest BCUT2D eigenvalue weighted by atomic mass is 32.2. The summed E-state index contributed by atoms with van der Waals surface area (Å²) in [5.41, 5.74) is 4.24. The molecule has 162 valence electrons. The third-order valence-electron chi connectivity index (χ3n) is 6.21. The average molecular weight is 441 g/mol. The van der Waals surface area contributed by atoms with Gasteiger partial charge >= 0.3 is 10.2 Å². The molecular weight excluding hydrogens is 416 g/mol. The Labute approximate surface area is 181 Å². The lowest BCUT2D eigenvalue weighted by atomic mass is 9.99. The molecule has 2 aliphatic heterocycles. The van der Waals surface area contributed by atoms with Gasteiger partial charge in [-0.3, -0.25) is 18.6 Å². The quantitative estimate of drug-likeness (QED) is 0.778. The molecule has 2 aromatic carbocycles. The topological polar surface area (TPSA) is 90.0 Å². The maximum absolute atomic E-state index is 13.0. The van der Waals surface area contributed by atoms with Crippen molar-refractivity contribution in [2.24, 2.45) is 5.92 Å². The van der Waals surface area contributed by atoms with E-state index in [9.17, 15) is 18.0 Å². The summed E-state index contributed by atoms with van der Waals surface area (Å²) in [6, 6.07) is 11.0. The summed E-state index contributed by atoms with van der Waals surface area (Å²) >= 11 is 0. The van der Waals surface area contributed by atoms with Gasteiger partial charge in [-0.1, -0.05) is 12.1 Å². The monoisotopic (exact) mass is 440 g/mol. The van der Waals surface area contributed by atoms with E-state index in [4.69, 9.17) is 0 Å². The minimum Gasteiger partial charge on any atom is -0.308 e. The number of hydrogen-bond acceptors (Lipinski definition) is 4. The van der Waals surface area contributed by atoms with Crippen molar-refractivity contribution in [1.82, 2.24) is 0 Å². The van der Waals surface area contributed by atoms with Crippen LogP contribution in [0, 0.1) is 5.92 Å². The summed E-state index contributed by atoms with van der Waals surface area (Å²) in [5, 5.41) is 0. The fourth-order valence-electron chi connectivity index (χ4n) is 4.44. The second kappa shape index (κ2) is 6.71. The van der Waals surface area contributed by atoms with Gasteiger partial charge in [0, 0.05) is 26.4 Å². The highest BCUT2D eigenvalue weighted by Crippen LogP contribution is 2.43. The molecule has 2 aromatic rings. The number of amides is 2. The number of rotatable bonds is 2. The van der Waals surface area contributed by atoms with Gasteiger partial charge in [-0.25, -0.2) is 0 Å². The molecular formula is C22H24N4O4S. The molecule has 1 aliphatic carbocycles. The normalized spacial score (nSPS) is 21.4. The number of carbonyl (C=O) groups excluding carboxylic acids is 2. The van der Waals surface area contributed by atoms with Crippen molar-refractivity contribution in [3.8, 4) is 11.1 Å². The number of anilines is 4. The molecule has 0 bridgehead atoms. The van der Waals surface area contributed by atoms with E-state index in [2.05, 4.69) is 4.72 Å². The van der Waals surface area contributed by atoms with Crippen molar-refractivity contribution in [3.63, 3.8) is 0 Å². The number of benzene rings is 2. The Morgan fingerprint density at radius 2 is 1.65 bits per heavy atom. The Hall–Kier alpha value is -3.07. The summed E-state index contributed by atoms with van der Waals surface area (Å²) < 4.78 is 28.0. The highest BCUT2D eigenvalue weighted by molar-refractivity contribution is 7.94. The van der Waals surface area contributed by atoms with Crippen LogP contribution >= 0.6 is 0 Å². The third kappa shape index (κ3) is 3.15. The van der Waals surface area contributed by atoms with Crippen molar-refractivity contribution < 1.29 is 18.0 Å². The van der Waals surface area contributed by atoms with E-state index in [0.717, 1.165) is 35.3 Å². The summed E-state index contributed by atoms with van der Waals surface area (Å²) in [4.78, 5) is 28.9. The van der Waals surface area contributed by atoms with Crippen LogP contribution in [0.25, 0.3) is 11.1 Å². The SMILES string of the molecule is CC(=O)N1c2ccc(-c3ccc4c(c3)N(C)S(=O)(=O)N4)cc2N(C(=O)C2CC2)C[C@@H]1C. The van der Waals surface area contributed by atoms with Crippen molar-refractivity contribution in [2.75, 3.05) is 32.4 Å². The zero-order valence-corrected chi connectivity index (χ0v) is 18.4. The second-order valence-electron chi connectivity index (χ2n) is 8.47. The molecule has 0 aromatic heterocycles. The molecule has 31 heavy (non-hydrogen) atoms. The second-order valence-corrected chi connectivity index (χ2v) is 10.2. The lowest BCUT2D eigenvalue weighted by Gasteiger charge is -2.41. The number of hydrogen-bond donors (Lipinski definition) is 1. The number of carbonyl (C=O) groups is 2. The Bertz CT molecular complexity index is 1220. The highest BCUT2D eigenvalue weighted by Gasteiger charge is 2.40. The smallest absolute Gasteiger partial charge is 0.308 e. The first-order valence-corrected chi connectivity index (χ1v) is 11.8. The van der Waals surface area contributed by atoms with Crippen LogP contribution in [-0.4, -0.2) is 39.9 Å². The molecule has 0 radical (unpaired) electrons. The minimum absolute atomic E-state index is 0.0598. The minimum atomic E-state index is -3.56. The maximum Gasteiger partial charge on any atom is 0.323 e. The maximum atomic E-state index is 13.0. The van der Waals surface area contributed by atoms with E-state index in [0.29, 0.717) is 17.9 Å². The summed E-state index contributed by atoms with van der Waals surface area (Å²) in [6.07, 6.45) is 1.82. The molecule has 8 nitrogen and oxygen atoms in total. The number of fused-ring (bicyclic) bond motifs is 2. The zero-order valence-electron chi connectivity index (χ0n) is 17.6.